The number of amides is 1. The minimum Gasteiger partial charge on any atom is -0.480 e. The van der Waals surface area contributed by atoms with Crippen molar-refractivity contribution in [3.05, 3.63) is 63.7 Å². The number of nitro groups is 1. The van der Waals surface area contributed by atoms with Crippen LogP contribution in [0.15, 0.2) is 42.5 Å². The van der Waals surface area contributed by atoms with Gasteiger partial charge in [0.1, 0.15) is 5.75 Å². The number of hydrogen-bond acceptors (Lipinski definition) is 5. The SMILES string of the molecule is CCc1ccc(NC(=O)[C@@H](C)Oc2ccc([N+](=O)[O-])cc2C=O)cc1. The van der Waals surface area contributed by atoms with Gasteiger partial charge in [0.25, 0.3) is 11.6 Å². The number of aldehydes is 1. The smallest absolute Gasteiger partial charge is 0.270 e. The first-order chi connectivity index (χ1) is 11.9. The fraction of sp³-hybridized carbons (Fsp3) is 0.222. The first-order valence-corrected chi connectivity index (χ1v) is 7.74. The van der Waals surface area contributed by atoms with Crippen molar-refractivity contribution in [2.75, 3.05) is 5.32 Å². The maximum absolute atomic E-state index is 12.2. The minimum atomic E-state index is -0.883. The van der Waals surface area contributed by atoms with Crippen molar-refractivity contribution in [1.82, 2.24) is 0 Å². The number of rotatable bonds is 7. The molecule has 0 aliphatic heterocycles. The summed E-state index contributed by atoms with van der Waals surface area (Å²) in [7, 11) is 0. The molecule has 0 aliphatic carbocycles. The van der Waals surface area contributed by atoms with Gasteiger partial charge >= 0.3 is 0 Å². The molecule has 2 rings (SSSR count). The molecule has 1 atom stereocenters. The Hall–Kier alpha value is -3.22. The van der Waals surface area contributed by atoms with Crippen LogP contribution in [0.4, 0.5) is 11.4 Å². The maximum atomic E-state index is 12.2. The van der Waals surface area contributed by atoms with Gasteiger partial charge in [-0.25, -0.2) is 0 Å². The number of nitrogens with one attached hydrogen (secondary N) is 1. The summed E-state index contributed by atoms with van der Waals surface area (Å²) >= 11 is 0. The van der Waals surface area contributed by atoms with Crippen molar-refractivity contribution in [2.24, 2.45) is 0 Å². The molecule has 7 nitrogen and oxygen atoms in total. The lowest BCUT2D eigenvalue weighted by molar-refractivity contribution is -0.384. The number of hydrogen-bond donors (Lipinski definition) is 1. The zero-order valence-electron chi connectivity index (χ0n) is 13.9. The third-order valence-electron chi connectivity index (χ3n) is 3.63. The van der Waals surface area contributed by atoms with Gasteiger partial charge in [0, 0.05) is 17.8 Å². The van der Waals surface area contributed by atoms with E-state index in [1.165, 1.54) is 19.1 Å². The largest absolute Gasteiger partial charge is 0.480 e. The van der Waals surface area contributed by atoms with Crippen LogP contribution < -0.4 is 10.1 Å². The van der Waals surface area contributed by atoms with E-state index in [9.17, 15) is 19.7 Å². The van der Waals surface area contributed by atoms with Gasteiger partial charge in [-0.3, -0.25) is 19.7 Å². The Kier molecular flexibility index (Phi) is 5.84. The molecular formula is C18H18N2O5. The summed E-state index contributed by atoms with van der Waals surface area (Å²) < 4.78 is 5.48. The number of anilines is 1. The van der Waals surface area contributed by atoms with E-state index in [4.69, 9.17) is 4.74 Å². The predicted molar refractivity (Wildman–Crippen MR) is 93.0 cm³/mol. The van der Waals surface area contributed by atoms with E-state index in [1.807, 2.05) is 19.1 Å². The number of non-ortho nitro benzene ring substituents is 1. The molecule has 0 spiro atoms. The molecule has 25 heavy (non-hydrogen) atoms. The number of carbonyl (C=O) groups excluding carboxylic acids is 2. The van der Waals surface area contributed by atoms with Crippen molar-refractivity contribution >= 4 is 23.6 Å². The Morgan fingerprint density at radius 1 is 1.28 bits per heavy atom. The van der Waals surface area contributed by atoms with Crippen LogP contribution >= 0.6 is 0 Å². The first kappa shape index (κ1) is 18.1. The van der Waals surface area contributed by atoms with Crippen LogP contribution in [0.25, 0.3) is 0 Å². The van der Waals surface area contributed by atoms with E-state index >= 15 is 0 Å². The number of nitro benzene ring substituents is 1. The quantitative estimate of drug-likeness (QED) is 0.472. The van der Waals surface area contributed by atoms with E-state index in [0.29, 0.717) is 12.0 Å². The second-order valence-corrected chi connectivity index (χ2v) is 5.40. The Bertz CT molecular complexity index is 787. The summed E-state index contributed by atoms with van der Waals surface area (Å²) in [5.74, 6) is -0.274. The summed E-state index contributed by atoms with van der Waals surface area (Å²) in [6.07, 6.45) is 0.477. The van der Waals surface area contributed by atoms with Gasteiger partial charge in [0.05, 0.1) is 10.5 Å². The van der Waals surface area contributed by atoms with E-state index in [-0.39, 0.29) is 22.9 Å². The van der Waals surface area contributed by atoms with Crippen molar-refractivity contribution in [2.45, 2.75) is 26.4 Å². The number of aryl methyl sites for hydroxylation is 1. The molecular weight excluding hydrogens is 324 g/mol. The number of benzene rings is 2. The molecule has 0 fully saturated rings. The molecule has 1 N–H and O–H groups in total. The highest BCUT2D eigenvalue weighted by molar-refractivity contribution is 5.94. The highest BCUT2D eigenvalue weighted by atomic mass is 16.6. The van der Waals surface area contributed by atoms with Gasteiger partial charge in [-0.05, 0) is 37.1 Å². The van der Waals surface area contributed by atoms with Gasteiger partial charge < -0.3 is 10.1 Å². The second-order valence-electron chi connectivity index (χ2n) is 5.40. The molecule has 0 radical (unpaired) electrons. The molecule has 0 saturated heterocycles. The van der Waals surface area contributed by atoms with E-state index in [0.717, 1.165) is 18.1 Å². The number of nitrogens with zero attached hydrogens (tertiary/aromatic N) is 1. The third kappa shape index (κ3) is 4.63. The molecule has 0 saturated carbocycles. The molecule has 130 valence electrons. The third-order valence-corrected chi connectivity index (χ3v) is 3.63. The predicted octanol–water partition coefficient (Wildman–Crippen LogP) is 3.38. The summed E-state index contributed by atoms with van der Waals surface area (Å²) in [6, 6.07) is 11.1. The highest BCUT2D eigenvalue weighted by Gasteiger charge is 2.18. The van der Waals surface area contributed by atoms with Gasteiger partial charge in [0.2, 0.25) is 0 Å². The summed E-state index contributed by atoms with van der Waals surface area (Å²) in [6.45, 7) is 3.57. The second kappa shape index (κ2) is 8.05. The average Bonchev–Trinajstić information content (AvgIpc) is 2.62. The van der Waals surface area contributed by atoms with Crippen molar-refractivity contribution in [3.8, 4) is 5.75 Å². The Morgan fingerprint density at radius 2 is 1.96 bits per heavy atom. The molecule has 0 aromatic heterocycles. The Labute approximate surface area is 144 Å². The summed E-state index contributed by atoms with van der Waals surface area (Å²) in [5, 5.41) is 13.5. The first-order valence-electron chi connectivity index (χ1n) is 7.74. The number of ether oxygens (including phenoxy) is 1. The van der Waals surface area contributed by atoms with Crippen LogP contribution in [0.5, 0.6) is 5.75 Å². The van der Waals surface area contributed by atoms with Gasteiger partial charge in [-0.15, -0.1) is 0 Å². The van der Waals surface area contributed by atoms with Crippen LogP contribution in [0.3, 0.4) is 0 Å². The van der Waals surface area contributed by atoms with Gasteiger partial charge in [0.15, 0.2) is 12.4 Å². The van der Waals surface area contributed by atoms with Gasteiger partial charge in [-0.2, -0.15) is 0 Å². The van der Waals surface area contributed by atoms with Crippen LogP contribution in [-0.4, -0.2) is 23.2 Å². The lowest BCUT2D eigenvalue weighted by Crippen LogP contribution is -2.30. The van der Waals surface area contributed by atoms with Crippen LogP contribution in [0, 0.1) is 10.1 Å². The van der Waals surface area contributed by atoms with E-state index in [1.54, 1.807) is 12.1 Å². The summed E-state index contributed by atoms with van der Waals surface area (Å²) in [4.78, 5) is 33.5. The molecule has 1 amide bonds. The molecule has 2 aromatic rings. The monoisotopic (exact) mass is 342 g/mol. The molecule has 0 heterocycles. The normalized spacial score (nSPS) is 11.4. The van der Waals surface area contributed by atoms with E-state index < -0.39 is 11.0 Å². The summed E-state index contributed by atoms with van der Waals surface area (Å²) in [5.41, 5.74) is 1.59. The van der Waals surface area contributed by atoms with Crippen molar-refractivity contribution in [1.29, 1.82) is 0 Å². The highest BCUT2D eigenvalue weighted by Crippen LogP contribution is 2.24. The van der Waals surface area contributed by atoms with Crippen LogP contribution in [0.1, 0.15) is 29.8 Å². The van der Waals surface area contributed by atoms with Crippen molar-refractivity contribution in [3.63, 3.8) is 0 Å². The van der Waals surface area contributed by atoms with E-state index in [2.05, 4.69) is 5.32 Å². The van der Waals surface area contributed by atoms with Crippen molar-refractivity contribution < 1.29 is 19.2 Å². The lowest BCUT2D eigenvalue weighted by Gasteiger charge is -2.16. The fourth-order valence-electron chi connectivity index (χ4n) is 2.16. The zero-order chi connectivity index (χ0) is 18.4. The fourth-order valence-corrected chi connectivity index (χ4v) is 2.16. The van der Waals surface area contributed by atoms with Crippen LogP contribution in [0.2, 0.25) is 0 Å². The molecule has 7 heteroatoms. The topological polar surface area (TPSA) is 98.5 Å². The van der Waals surface area contributed by atoms with Gasteiger partial charge in [-0.1, -0.05) is 19.1 Å². The number of carbonyl (C=O) groups is 2. The molecule has 0 bridgehead atoms. The van der Waals surface area contributed by atoms with Crippen LogP contribution in [-0.2, 0) is 11.2 Å². The molecule has 2 aromatic carbocycles. The zero-order valence-corrected chi connectivity index (χ0v) is 13.9. The Morgan fingerprint density at radius 3 is 2.52 bits per heavy atom. The molecule has 0 aliphatic rings. The molecule has 0 unspecified atom stereocenters. The Balaban J connectivity index is 2.07. The average molecular weight is 342 g/mol. The standard InChI is InChI=1S/C18H18N2O5/c1-3-13-4-6-15(7-5-13)19-18(22)12(2)25-17-9-8-16(20(23)24)10-14(17)11-21/h4-12H,3H2,1-2H3,(H,19,22)/t12-/m1/s1. The minimum absolute atomic E-state index is 0.0150. The lowest BCUT2D eigenvalue weighted by atomic mass is 10.1. The maximum Gasteiger partial charge on any atom is 0.270 e.